The maximum Gasteiger partial charge on any atom is 0.0264 e. The van der Waals surface area contributed by atoms with E-state index in [0.29, 0.717) is 6.42 Å². The van der Waals surface area contributed by atoms with Crippen molar-refractivity contribution in [2.75, 3.05) is 0 Å². The van der Waals surface area contributed by atoms with E-state index in [4.69, 9.17) is 12.2 Å². The Labute approximate surface area is 51.3 Å². The predicted molar refractivity (Wildman–Crippen MR) is 36.3 cm³/mol. The summed E-state index contributed by atoms with van der Waals surface area (Å²) in [4.78, 5) is 0. The Balaban J connectivity index is 3.58. The first-order valence-electron chi connectivity index (χ1n) is 2.85. The molecule has 0 aliphatic rings. The quantitative estimate of drug-likeness (QED) is 0.531. The van der Waals surface area contributed by atoms with Gasteiger partial charge >= 0.3 is 0 Å². The summed E-state index contributed by atoms with van der Waals surface area (Å²) in [7, 11) is 0. The molecule has 0 aliphatic carbocycles. The number of rotatable bonds is 2. The first-order chi connectivity index (χ1) is 3.62. The van der Waals surface area contributed by atoms with Crippen molar-refractivity contribution in [3.63, 3.8) is 0 Å². The molecule has 0 unspecified atom stereocenters. The maximum absolute atomic E-state index is 5.68. The van der Waals surface area contributed by atoms with Gasteiger partial charge in [-0.3, -0.25) is 0 Å². The second-order valence-corrected chi connectivity index (χ2v) is 2.39. The summed E-state index contributed by atoms with van der Waals surface area (Å²) < 4.78 is 0. The molecule has 0 bridgehead atoms. The number of hydrogen-bond acceptors (Lipinski definition) is 1. The van der Waals surface area contributed by atoms with Crippen LogP contribution in [-0.2, 0) is 0 Å². The molecule has 0 fully saturated rings. The fourth-order valence-electron chi connectivity index (χ4n) is 0.358. The summed E-state index contributed by atoms with van der Waals surface area (Å²) in [5.41, 5.74) is 5.54. The fourth-order valence-corrected chi connectivity index (χ4v) is 0.358. The molecule has 0 aliphatic heterocycles. The van der Waals surface area contributed by atoms with Crippen LogP contribution in [0, 0.1) is 12.3 Å². The van der Waals surface area contributed by atoms with Crippen LogP contribution in [0.25, 0.3) is 0 Å². The van der Waals surface area contributed by atoms with Crippen molar-refractivity contribution in [2.24, 2.45) is 5.73 Å². The van der Waals surface area contributed by atoms with Gasteiger partial charge in [0.2, 0.25) is 0 Å². The highest BCUT2D eigenvalue weighted by atomic mass is 14.7. The van der Waals surface area contributed by atoms with E-state index in [1.54, 1.807) is 0 Å². The molecule has 0 heterocycles. The van der Waals surface area contributed by atoms with E-state index in [0.717, 1.165) is 6.42 Å². The zero-order valence-electron chi connectivity index (χ0n) is 5.57. The van der Waals surface area contributed by atoms with Crippen molar-refractivity contribution in [1.29, 1.82) is 0 Å². The average Bonchev–Trinajstić information content (AvgIpc) is 1.67. The van der Waals surface area contributed by atoms with Crippen LogP contribution in [0.15, 0.2) is 0 Å². The Kier molecular flexibility index (Phi) is 2.57. The zero-order valence-corrected chi connectivity index (χ0v) is 5.57. The van der Waals surface area contributed by atoms with Crippen molar-refractivity contribution in [3.05, 3.63) is 0 Å². The fraction of sp³-hybridized carbons (Fsp3) is 0.714. The third kappa shape index (κ3) is 2.65. The van der Waals surface area contributed by atoms with Gasteiger partial charge in [-0.2, -0.15) is 0 Å². The van der Waals surface area contributed by atoms with Crippen LogP contribution < -0.4 is 5.73 Å². The third-order valence-electron chi connectivity index (χ3n) is 1.31. The van der Waals surface area contributed by atoms with Crippen LogP contribution in [-0.4, -0.2) is 5.54 Å². The topological polar surface area (TPSA) is 26.0 Å². The molecular weight excluding hydrogens is 98.1 g/mol. The van der Waals surface area contributed by atoms with E-state index in [-0.39, 0.29) is 5.54 Å². The molecule has 0 aromatic rings. The van der Waals surface area contributed by atoms with E-state index in [9.17, 15) is 0 Å². The van der Waals surface area contributed by atoms with Crippen molar-refractivity contribution >= 4 is 0 Å². The zero-order chi connectivity index (χ0) is 6.62. The van der Waals surface area contributed by atoms with E-state index >= 15 is 0 Å². The van der Waals surface area contributed by atoms with Gasteiger partial charge in [0, 0.05) is 12.0 Å². The van der Waals surface area contributed by atoms with Crippen molar-refractivity contribution < 1.29 is 0 Å². The van der Waals surface area contributed by atoms with Gasteiger partial charge in [-0.1, -0.05) is 6.92 Å². The highest BCUT2D eigenvalue weighted by molar-refractivity contribution is 4.94. The van der Waals surface area contributed by atoms with E-state index in [2.05, 4.69) is 5.92 Å². The third-order valence-corrected chi connectivity index (χ3v) is 1.31. The van der Waals surface area contributed by atoms with Gasteiger partial charge in [-0.05, 0) is 13.3 Å². The Hall–Kier alpha value is -0.480. The number of nitrogens with two attached hydrogens (primary N) is 1. The summed E-state index contributed by atoms with van der Waals surface area (Å²) in [5.74, 6) is 2.53. The average molecular weight is 111 g/mol. The molecule has 0 saturated heterocycles. The molecule has 0 saturated carbocycles. The van der Waals surface area contributed by atoms with Crippen LogP contribution in [0.4, 0.5) is 0 Å². The van der Waals surface area contributed by atoms with Crippen LogP contribution in [0.5, 0.6) is 0 Å². The normalized spacial score (nSPS) is 16.8. The van der Waals surface area contributed by atoms with Gasteiger partial charge in [0.25, 0.3) is 0 Å². The lowest BCUT2D eigenvalue weighted by Gasteiger charge is -2.18. The van der Waals surface area contributed by atoms with Gasteiger partial charge in [-0.25, -0.2) is 0 Å². The Morgan fingerprint density at radius 2 is 2.25 bits per heavy atom. The van der Waals surface area contributed by atoms with Crippen LogP contribution in [0.3, 0.4) is 0 Å². The lowest BCUT2D eigenvalue weighted by molar-refractivity contribution is 0.465. The molecule has 0 aromatic carbocycles. The van der Waals surface area contributed by atoms with Gasteiger partial charge in [-0.15, -0.1) is 12.3 Å². The largest absolute Gasteiger partial charge is 0.324 e. The van der Waals surface area contributed by atoms with Crippen LogP contribution in [0.1, 0.15) is 26.7 Å². The van der Waals surface area contributed by atoms with Crippen molar-refractivity contribution in [2.45, 2.75) is 32.2 Å². The lowest BCUT2D eigenvalue weighted by Crippen LogP contribution is -2.34. The molecule has 0 rings (SSSR count). The molecule has 46 valence electrons. The molecule has 0 spiro atoms. The summed E-state index contributed by atoms with van der Waals surface area (Å²) in [6.07, 6.45) is 6.67. The number of terminal acetylenes is 1. The van der Waals surface area contributed by atoms with E-state index in [1.165, 1.54) is 0 Å². The monoisotopic (exact) mass is 111 g/mol. The first kappa shape index (κ1) is 7.52. The lowest BCUT2D eigenvalue weighted by atomic mass is 9.97. The van der Waals surface area contributed by atoms with Gasteiger partial charge in [0.05, 0.1) is 0 Å². The van der Waals surface area contributed by atoms with Gasteiger partial charge < -0.3 is 5.73 Å². The second kappa shape index (κ2) is 2.74. The Morgan fingerprint density at radius 1 is 1.75 bits per heavy atom. The molecule has 0 radical (unpaired) electrons. The van der Waals surface area contributed by atoms with Crippen molar-refractivity contribution in [1.82, 2.24) is 0 Å². The minimum Gasteiger partial charge on any atom is -0.324 e. The van der Waals surface area contributed by atoms with Crippen LogP contribution >= 0.6 is 0 Å². The summed E-state index contributed by atoms with van der Waals surface area (Å²) in [6, 6.07) is 0. The molecule has 8 heavy (non-hydrogen) atoms. The SMILES string of the molecule is C#CC[C@@](C)(N)CC. The molecule has 1 nitrogen and oxygen atoms in total. The predicted octanol–water partition coefficient (Wildman–Crippen LogP) is 1.14. The minimum atomic E-state index is -0.144. The summed E-state index contributed by atoms with van der Waals surface area (Å²) >= 11 is 0. The first-order valence-corrected chi connectivity index (χ1v) is 2.85. The standard InChI is InChI=1S/C7H13N/c1-4-6-7(3,8)5-2/h1H,5-6,8H2,2-3H3/t7-/m0/s1. The highest BCUT2D eigenvalue weighted by Crippen LogP contribution is 2.07. The van der Waals surface area contributed by atoms with E-state index < -0.39 is 0 Å². The molecule has 1 atom stereocenters. The molecule has 0 amide bonds. The Bertz CT molecular complexity index is 97.4. The summed E-state index contributed by atoms with van der Waals surface area (Å²) in [6.45, 7) is 4.00. The highest BCUT2D eigenvalue weighted by Gasteiger charge is 2.12. The summed E-state index contributed by atoms with van der Waals surface area (Å²) in [5, 5.41) is 0. The molecule has 2 N–H and O–H groups in total. The van der Waals surface area contributed by atoms with E-state index in [1.807, 2.05) is 13.8 Å². The molecule has 1 heteroatoms. The number of hydrogen-bond donors (Lipinski definition) is 1. The van der Waals surface area contributed by atoms with Gasteiger partial charge in [0.1, 0.15) is 0 Å². The van der Waals surface area contributed by atoms with Gasteiger partial charge in [0.15, 0.2) is 0 Å². The molecular formula is C7H13N. The molecule has 0 aromatic heterocycles. The maximum atomic E-state index is 5.68. The minimum absolute atomic E-state index is 0.144. The second-order valence-electron chi connectivity index (χ2n) is 2.39. The van der Waals surface area contributed by atoms with Crippen molar-refractivity contribution in [3.8, 4) is 12.3 Å². The Morgan fingerprint density at radius 3 is 2.38 bits per heavy atom. The smallest absolute Gasteiger partial charge is 0.0264 e. The van der Waals surface area contributed by atoms with Crippen LogP contribution in [0.2, 0.25) is 0 Å².